The second-order valence-electron chi connectivity index (χ2n) is 8.27. The van der Waals surface area contributed by atoms with Crippen molar-refractivity contribution in [2.24, 2.45) is 0 Å². The number of rotatable bonds is 3. The highest BCUT2D eigenvalue weighted by atomic mass is 16.2. The topological polar surface area (TPSA) is 63.1 Å². The Morgan fingerprint density at radius 3 is 2.36 bits per heavy atom. The maximum atomic E-state index is 12.4. The number of likely N-dealkylation sites (tertiary alicyclic amines) is 1. The highest BCUT2D eigenvalue weighted by molar-refractivity contribution is 5.89. The minimum absolute atomic E-state index is 0.0804. The van der Waals surface area contributed by atoms with Gasteiger partial charge in [0.25, 0.3) is 0 Å². The van der Waals surface area contributed by atoms with E-state index in [1.807, 2.05) is 53.3 Å². The number of benzene rings is 2. The van der Waals surface area contributed by atoms with Crippen molar-refractivity contribution in [1.82, 2.24) is 19.9 Å². The van der Waals surface area contributed by atoms with Gasteiger partial charge in [0, 0.05) is 24.3 Å². The Labute approximate surface area is 165 Å². The van der Waals surface area contributed by atoms with Crippen LogP contribution >= 0.6 is 0 Å². The molecule has 2 aromatic carbocycles. The van der Waals surface area contributed by atoms with Gasteiger partial charge >= 0.3 is 6.03 Å². The molecule has 6 heteroatoms. The number of aromatic nitrogens is 3. The van der Waals surface area contributed by atoms with Crippen LogP contribution in [0.3, 0.4) is 0 Å². The van der Waals surface area contributed by atoms with Gasteiger partial charge in [-0.3, -0.25) is 0 Å². The largest absolute Gasteiger partial charge is 0.321 e. The molecule has 144 valence electrons. The molecule has 0 atom stereocenters. The first-order valence-electron chi connectivity index (χ1n) is 9.54. The van der Waals surface area contributed by atoms with E-state index in [4.69, 9.17) is 0 Å². The Balaban J connectivity index is 1.33. The van der Waals surface area contributed by atoms with Gasteiger partial charge in [-0.15, -0.1) is 5.10 Å². The van der Waals surface area contributed by atoms with E-state index in [-0.39, 0.29) is 17.5 Å². The highest BCUT2D eigenvalue weighted by Crippen LogP contribution is 2.26. The third-order valence-electron chi connectivity index (χ3n) is 5.11. The van der Waals surface area contributed by atoms with Crippen molar-refractivity contribution in [2.45, 2.75) is 32.2 Å². The van der Waals surface area contributed by atoms with Crippen LogP contribution in [-0.2, 0) is 5.41 Å². The lowest BCUT2D eigenvalue weighted by Crippen LogP contribution is -2.52. The van der Waals surface area contributed by atoms with Crippen LogP contribution in [0.15, 0.2) is 60.8 Å². The molecule has 2 amide bonds. The van der Waals surface area contributed by atoms with Crippen LogP contribution < -0.4 is 5.32 Å². The molecule has 1 saturated heterocycles. The first-order chi connectivity index (χ1) is 13.4. The Bertz CT molecular complexity index is 951. The Kier molecular flexibility index (Phi) is 4.63. The van der Waals surface area contributed by atoms with Gasteiger partial charge in [-0.2, -0.15) is 0 Å². The van der Waals surface area contributed by atoms with Crippen LogP contribution in [0.4, 0.5) is 10.5 Å². The molecular weight excluding hydrogens is 350 g/mol. The first kappa shape index (κ1) is 18.2. The molecule has 1 aliphatic rings. The van der Waals surface area contributed by atoms with Gasteiger partial charge in [0.1, 0.15) is 5.69 Å². The van der Waals surface area contributed by atoms with Crippen molar-refractivity contribution >= 4 is 11.7 Å². The van der Waals surface area contributed by atoms with E-state index in [9.17, 15) is 4.79 Å². The molecule has 0 radical (unpaired) electrons. The number of hydrogen-bond donors (Lipinski definition) is 1. The van der Waals surface area contributed by atoms with Crippen molar-refractivity contribution in [1.29, 1.82) is 0 Å². The van der Waals surface area contributed by atoms with Gasteiger partial charge in [0.15, 0.2) is 0 Å². The molecule has 1 fully saturated rings. The molecule has 1 aromatic heterocycles. The van der Waals surface area contributed by atoms with Crippen molar-refractivity contribution in [3.63, 3.8) is 0 Å². The highest BCUT2D eigenvalue weighted by Gasteiger charge is 2.33. The number of nitrogens with zero attached hydrogens (tertiary/aromatic N) is 4. The Morgan fingerprint density at radius 1 is 1.04 bits per heavy atom. The SMILES string of the molecule is CC(C)(C)c1ccc(NC(=O)N2CC(n3cc(-c4ccccc4)nn3)C2)cc1. The lowest BCUT2D eigenvalue weighted by Gasteiger charge is -2.38. The quantitative estimate of drug-likeness (QED) is 0.741. The average Bonchev–Trinajstić information content (AvgIpc) is 3.10. The van der Waals surface area contributed by atoms with E-state index in [1.54, 1.807) is 4.90 Å². The normalized spacial score (nSPS) is 14.6. The lowest BCUT2D eigenvalue weighted by molar-refractivity contribution is 0.127. The molecule has 2 heterocycles. The van der Waals surface area contributed by atoms with Crippen LogP contribution in [-0.4, -0.2) is 39.0 Å². The van der Waals surface area contributed by atoms with Gasteiger partial charge in [-0.1, -0.05) is 68.4 Å². The molecule has 3 aromatic rings. The number of carbonyl (C=O) groups excluding carboxylic acids is 1. The number of anilines is 1. The van der Waals surface area contributed by atoms with Crippen LogP contribution in [0.2, 0.25) is 0 Å². The molecule has 1 N–H and O–H groups in total. The fourth-order valence-electron chi connectivity index (χ4n) is 3.24. The van der Waals surface area contributed by atoms with Crippen molar-refractivity contribution < 1.29 is 4.79 Å². The zero-order chi connectivity index (χ0) is 19.7. The summed E-state index contributed by atoms with van der Waals surface area (Å²) in [5.41, 5.74) is 4.05. The van der Waals surface area contributed by atoms with E-state index in [1.165, 1.54) is 5.56 Å². The third-order valence-corrected chi connectivity index (χ3v) is 5.11. The smallest absolute Gasteiger partial charge is 0.320 e. The average molecular weight is 375 g/mol. The Hall–Kier alpha value is -3.15. The molecular formula is C22H25N5O. The summed E-state index contributed by atoms with van der Waals surface area (Å²) < 4.78 is 1.85. The van der Waals surface area contributed by atoms with Crippen LogP contribution in [0.25, 0.3) is 11.3 Å². The molecule has 6 nitrogen and oxygen atoms in total. The van der Waals surface area contributed by atoms with E-state index in [0.29, 0.717) is 13.1 Å². The summed E-state index contributed by atoms with van der Waals surface area (Å²) in [6.07, 6.45) is 1.94. The van der Waals surface area contributed by atoms with E-state index in [0.717, 1.165) is 16.9 Å². The fraction of sp³-hybridized carbons (Fsp3) is 0.318. The number of hydrogen-bond acceptors (Lipinski definition) is 3. The summed E-state index contributed by atoms with van der Waals surface area (Å²) in [6, 6.07) is 18.1. The van der Waals surface area contributed by atoms with Gasteiger partial charge in [-0.05, 0) is 23.1 Å². The van der Waals surface area contributed by atoms with E-state index < -0.39 is 0 Å². The van der Waals surface area contributed by atoms with Gasteiger partial charge in [-0.25, -0.2) is 9.48 Å². The van der Waals surface area contributed by atoms with Gasteiger partial charge in [0.05, 0.1) is 12.2 Å². The van der Waals surface area contributed by atoms with Crippen LogP contribution in [0, 0.1) is 0 Å². The molecule has 4 rings (SSSR count). The zero-order valence-electron chi connectivity index (χ0n) is 16.5. The zero-order valence-corrected chi connectivity index (χ0v) is 16.5. The maximum Gasteiger partial charge on any atom is 0.321 e. The summed E-state index contributed by atoms with van der Waals surface area (Å²) in [5.74, 6) is 0. The molecule has 0 saturated carbocycles. The summed E-state index contributed by atoms with van der Waals surface area (Å²) in [6.45, 7) is 7.78. The van der Waals surface area contributed by atoms with E-state index in [2.05, 4.69) is 48.5 Å². The molecule has 0 bridgehead atoms. The first-order valence-corrected chi connectivity index (χ1v) is 9.54. The lowest BCUT2D eigenvalue weighted by atomic mass is 9.87. The second kappa shape index (κ2) is 7.11. The number of urea groups is 1. The van der Waals surface area contributed by atoms with Crippen LogP contribution in [0.1, 0.15) is 32.4 Å². The van der Waals surface area contributed by atoms with Gasteiger partial charge < -0.3 is 10.2 Å². The monoisotopic (exact) mass is 375 g/mol. The number of carbonyl (C=O) groups is 1. The molecule has 0 unspecified atom stereocenters. The standard InChI is InChI=1S/C22H25N5O/c1-22(2,3)17-9-11-18(12-10-17)23-21(28)26-13-19(14-26)27-15-20(24-25-27)16-7-5-4-6-8-16/h4-12,15,19H,13-14H2,1-3H3,(H,23,28). The van der Waals surface area contributed by atoms with Crippen molar-refractivity contribution in [3.05, 3.63) is 66.4 Å². The summed E-state index contributed by atoms with van der Waals surface area (Å²) in [7, 11) is 0. The molecule has 0 aliphatic carbocycles. The summed E-state index contributed by atoms with van der Waals surface area (Å²) in [4.78, 5) is 14.2. The van der Waals surface area contributed by atoms with E-state index >= 15 is 0 Å². The predicted octanol–water partition coefficient (Wildman–Crippen LogP) is 4.33. The Morgan fingerprint density at radius 2 is 1.71 bits per heavy atom. The third kappa shape index (κ3) is 3.76. The fourth-order valence-corrected chi connectivity index (χ4v) is 3.24. The van der Waals surface area contributed by atoms with Crippen molar-refractivity contribution in [3.8, 4) is 11.3 Å². The molecule has 28 heavy (non-hydrogen) atoms. The van der Waals surface area contributed by atoms with Crippen molar-refractivity contribution in [2.75, 3.05) is 18.4 Å². The van der Waals surface area contributed by atoms with Gasteiger partial charge in [0.2, 0.25) is 0 Å². The molecule has 0 spiro atoms. The number of amides is 2. The minimum Gasteiger partial charge on any atom is -0.320 e. The summed E-state index contributed by atoms with van der Waals surface area (Å²) >= 11 is 0. The number of nitrogens with one attached hydrogen (secondary N) is 1. The van der Waals surface area contributed by atoms with Crippen LogP contribution in [0.5, 0.6) is 0 Å². The minimum atomic E-state index is -0.0804. The maximum absolute atomic E-state index is 12.4. The molecule has 1 aliphatic heterocycles. The second-order valence-corrected chi connectivity index (χ2v) is 8.27. The predicted molar refractivity (Wildman–Crippen MR) is 110 cm³/mol. The summed E-state index contributed by atoms with van der Waals surface area (Å²) in [5, 5.41) is 11.4.